The molecule has 0 aliphatic carbocycles. The van der Waals surface area contributed by atoms with E-state index in [9.17, 15) is 4.79 Å². The van der Waals surface area contributed by atoms with E-state index in [1.165, 1.54) is 0 Å². The Labute approximate surface area is 102 Å². The molecule has 0 saturated heterocycles. The van der Waals surface area contributed by atoms with Crippen molar-refractivity contribution in [1.29, 1.82) is 0 Å². The summed E-state index contributed by atoms with van der Waals surface area (Å²) in [5.74, 6) is 0.865. The van der Waals surface area contributed by atoms with E-state index in [1.54, 1.807) is 6.26 Å². The van der Waals surface area contributed by atoms with Crippen LogP contribution < -0.4 is 10.6 Å². The van der Waals surface area contributed by atoms with Crippen LogP contribution in [0.5, 0.6) is 0 Å². The second-order valence-electron chi connectivity index (χ2n) is 4.08. The van der Waals surface area contributed by atoms with Crippen molar-refractivity contribution in [2.24, 2.45) is 0 Å². The van der Waals surface area contributed by atoms with Crippen molar-refractivity contribution in [3.63, 3.8) is 0 Å². The first-order chi connectivity index (χ1) is 8.15. The van der Waals surface area contributed by atoms with Crippen LogP contribution in [0.25, 0.3) is 0 Å². The Balaban J connectivity index is 2.43. The molecule has 1 amide bonds. The molecule has 2 N–H and O–H groups in total. The number of hydrogen-bond donors (Lipinski definition) is 2. The van der Waals surface area contributed by atoms with Gasteiger partial charge in [0.05, 0.1) is 18.8 Å². The van der Waals surface area contributed by atoms with Crippen LogP contribution in [0.1, 0.15) is 18.7 Å². The van der Waals surface area contributed by atoms with Crippen molar-refractivity contribution in [2.45, 2.75) is 13.0 Å². The third-order valence-corrected chi connectivity index (χ3v) is 2.52. The lowest BCUT2D eigenvalue weighted by molar-refractivity contribution is -0.120. The lowest BCUT2D eigenvalue weighted by atomic mass is 10.2. The molecule has 0 saturated carbocycles. The fourth-order valence-electron chi connectivity index (χ4n) is 1.53. The van der Waals surface area contributed by atoms with E-state index in [0.717, 1.165) is 12.3 Å². The molecule has 96 valence electrons. The molecule has 5 nitrogen and oxygen atoms in total. The van der Waals surface area contributed by atoms with Crippen LogP contribution in [0.2, 0.25) is 0 Å². The number of carbonyl (C=O) groups excluding carboxylic acids is 1. The Kier molecular flexibility index (Phi) is 5.72. The van der Waals surface area contributed by atoms with Crippen LogP contribution in [0.4, 0.5) is 0 Å². The second-order valence-corrected chi connectivity index (χ2v) is 4.08. The van der Waals surface area contributed by atoms with Crippen molar-refractivity contribution < 1.29 is 9.21 Å². The molecule has 1 atom stereocenters. The van der Waals surface area contributed by atoms with Crippen molar-refractivity contribution in [2.75, 3.05) is 33.7 Å². The molecule has 17 heavy (non-hydrogen) atoms. The average molecular weight is 239 g/mol. The highest BCUT2D eigenvalue weighted by molar-refractivity contribution is 5.78. The van der Waals surface area contributed by atoms with Gasteiger partial charge in [-0.2, -0.15) is 0 Å². The summed E-state index contributed by atoms with van der Waals surface area (Å²) in [5, 5.41) is 5.87. The topological polar surface area (TPSA) is 57.5 Å². The Hall–Kier alpha value is -1.33. The minimum atomic E-state index is 0.00487. The summed E-state index contributed by atoms with van der Waals surface area (Å²) < 4.78 is 5.36. The van der Waals surface area contributed by atoms with Gasteiger partial charge in [0.25, 0.3) is 0 Å². The normalized spacial score (nSPS) is 12.7. The van der Waals surface area contributed by atoms with Crippen LogP contribution >= 0.6 is 0 Å². The first kappa shape index (κ1) is 13.7. The first-order valence-electron chi connectivity index (χ1n) is 5.82. The van der Waals surface area contributed by atoms with Gasteiger partial charge in [0.1, 0.15) is 5.76 Å². The molecule has 1 rings (SSSR count). The molecule has 5 heteroatoms. The predicted molar refractivity (Wildman–Crippen MR) is 66.7 cm³/mol. The first-order valence-corrected chi connectivity index (χ1v) is 5.82. The van der Waals surface area contributed by atoms with Crippen LogP contribution in [-0.2, 0) is 4.79 Å². The third-order valence-electron chi connectivity index (χ3n) is 2.52. The zero-order valence-electron chi connectivity index (χ0n) is 10.7. The van der Waals surface area contributed by atoms with Gasteiger partial charge >= 0.3 is 0 Å². The summed E-state index contributed by atoms with van der Waals surface area (Å²) in [6.45, 7) is 3.67. The highest BCUT2D eigenvalue weighted by atomic mass is 16.3. The Bertz CT molecular complexity index is 323. The summed E-state index contributed by atoms with van der Waals surface area (Å²) in [4.78, 5) is 13.5. The standard InChI is InChI=1S/C12H21N3O2/c1-4-13-9-12(16)14-8-10(15(2)3)11-6-5-7-17-11/h5-7,10,13H,4,8-9H2,1-3H3,(H,14,16). The fourth-order valence-corrected chi connectivity index (χ4v) is 1.53. The summed E-state index contributed by atoms with van der Waals surface area (Å²) >= 11 is 0. The van der Waals surface area contributed by atoms with E-state index < -0.39 is 0 Å². The van der Waals surface area contributed by atoms with E-state index in [2.05, 4.69) is 10.6 Å². The maximum absolute atomic E-state index is 11.5. The largest absolute Gasteiger partial charge is 0.468 e. The van der Waals surface area contributed by atoms with Crippen molar-refractivity contribution in [3.05, 3.63) is 24.2 Å². The number of nitrogens with one attached hydrogen (secondary N) is 2. The lowest BCUT2D eigenvalue weighted by Crippen LogP contribution is -2.38. The molecule has 0 fully saturated rings. The zero-order chi connectivity index (χ0) is 12.7. The molecule has 0 aliphatic rings. The predicted octanol–water partition coefficient (Wildman–Crippen LogP) is 0.608. The van der Waals surface area contributed by atoms with Crippen molar-refractivity contribution >= 4 is 5.91 Å². The summed E-state index contributed by atoms with van der Waals surface area (Å²) in [5.41, 5.74) is 0. The number of nitrogens with zero attached hydrogens (tertiary/aromatic N) is 1. The quantitative estimate of drug-likeness (QED) is 0.732. The summed E-state index contributed by atoms with van der Waals surface area (Å²) in [7, 11) is 3.92. The molecule has 1 aromatic rings. The van der Waals surface area contributed by atoms with Gasteiger partial charge in [0.15, 0.2) is 0 Å². The zero-order valence-corrected chi connectivity index (χ0v) is 10.7. The Morgan fingerprint density at radius 2 is 2.29 bits per heavy atom. The minimum Gasteiger partial charge on any atom is -0.468 e. The van der Waals surface area contributed by atoms with Crippen LogP contribution in [-0.4, -0.2) is 44.5 Å². The molecule has 0 spiro atoms. The van der Waals surface area contributed by atoms with E-state index in [4.69, 9.17) is 4.42 Å². The van der Waals surface area contributed by atoms with Gasteiger partial charge < -0.3 is 15.1 Å². The van der Waals surface area contributed by atoms with Gasteiger partial charge in [-0.25, -0.2) is 0 Å². The lowest BCUT2D eigenvalue weighted by Gasteiger charge is -2.22. The van der Waals surface area contributed by atoms with Crippen LogP contribution in [0, 0.1) is 0 Å². The van der Waals surface area contributed by atoms with Crippen LogP contribution in [0.15, 0.2) is 22.8 Å². The monoisotopic (exact) mass is 239 g/mol. The Morgan fingerprint density at radius 1 is 1.53 bits per heavy atom. The maximum Gasteiger partial charge on any atom is 0.234 e. The molecule has 1 heterocycles. The second kappa shape index (κ2) is 7.09. The highest BCUT2D eigenvalue weighted by Gasteiger charge is 2.17. The van der Waals surface area contributed by atoms with Gasteiger partial charge in [-0.1, -0.05) is 6.92 Å². The molecule has 1 unspecified atom stereocenters. The third kappa shape index (κ3) is 4.58. The maximum atomic E-state index is 11.5. The van der Waals surface area contributed by atoms with Gasteiger partial charge in [0, 0.05) is 6.54 Å². The van der Waals surface area contributed by atoms with Gasteiger partial charge in [-0.05, 0) is 32.8 Å². The number of rotatable bonds is 7. The Morgan fingerprint density at radius 3 is 2.82 bits per heavy atom. The van der Waals surface area contributed by atoms with Gasteiger partial charge in [-0.3, -0.25) is 9.69 Å². The SMILES string of the molecule is CCNCC(=O)NCC(c1ccco1)N(C)C. The molecule has 0 aromatic carbocycles. The molecular formula is C12H21N3O2. The van der Waals surface area contributed by atoms with E-state index >= 15 is 0 Å². The van der Waals surface area contributed by atoms with Crippen LogP contribution in [0.3, 0.4) is 0 Å². The summed E-state index contributed by atoms with van der Waals surface area (Å²) in [6, 6.07) is 3.84. The number of likely N-dealkylation sites (N-methyl/N-ethyl adjacent to an activating group) is 2. The van der Waals surface area contributed by atoms with E-state index in [1.807, 2.05) is 38.1 Å². The van der Waals surface area contributed by atoms with Gasteiger partial charge in [-0.15, -0.1) is 0 Å². The molecule has 0 bridgehead atoms. The number of furan rings is 1. The smallest absolute Gasteiger partial charge is 0.234 e. The fraction of sp³-hybridized carbons (Fsp3) is 0.583. The number of amides is 1. The number of carbonyl (C=O) groups is 1. The molecule has 0 radical (unpaired) electrons. The van der Waals surface area contributed by atoms with Crippen molar-refractivity contribution in [1.82, 2.24) is 15.5 Å². The minimum absolute atomic E-state index is 0.00487. The molecule has 0 aliphatic heterocycles. The molecular weight excluding hydrogens is 218 g/mol. The van der Waals surface area contributed by atoms with E-state index in [0.29, 0.717) is 13.1 Å². The van der Waals surface area contributed by atoms with E-state index in [-0.39, 0.29) is 11.9 Å². The molecule has 1 aromatic heterocycles. The average Bonchev–Trinajstić information content (AvgIpc) is 2.79. The number of hydrogen-bond acceptors (Lipinski definition) is 4. The van der Waals surface area contributed by atoms with Crippen molar-refractivity contribution in [3.8, 4) is 0 Å². The van der Waals surface area contributed by atoms with Gasteiger partial charge in [0.2, 0.25) is 5.91 Å². The highest BCUT2D eigenvalue weighted by Crippen LogP contribution is 2.17. The summed E-state index contributed by atoms with van der Waals surface area (Å²) in [6.07, 6.45) is 1.65.